The van der Waals surface area contributed by atoms with Crippen molar-refractivity contribution in [2.75, 3.05) is 19.0 Å². The maximum absolute atomic E-state index is 12.2. The molecule has 8 heteroatoms. The van der Waals surface area contributed by atoms with Gasteiger partial charge in [-0.1, -0.05) is 19.1 Å². The predicted molar refractivity (Wildman–Crippen MR) is 143 cm³/mol. The fourth-order valence-corrected chi connectivity index (χ4v) is 5.01. The van der Waals surface area contributed by atoms with E-state index in [9.17, 15) is 4.79 Å². The zero-order valence-electron chi connectivity index (χ0n) is 21.5. The SMILES string of the molecule is COc1cnc(-c2ccc(-c3cn(C)c(C4CC4)n3)c(C)c2)nc1Nc1ccc2c(c1)C(C)CNC2=O. The second-order valence-electron chi connectivity index (χ2n) is 10.0. The molecule has 3 heterocycles. The molecule has 1 amide bonds. The van der Waals surface area contributed by atoms with Crippen LogP contribution in [-0.4, -0.2) is 39.1 Å². The Bertz CT molecular complexity index is 1520. The number of amides is 1. The first-order chi connectivity index (χ1) is 17.9. The van der Waals surface area contributed by atoms with Crippen LogP contribution >= 0.6 is 0 Å². The third kappa shape index (κ3) is 4.33. The second kappa shape index (κ2) is 9.03. The Morgan fingerprint density at radius 1 is 1.11 bits per heavy atom. The minimum Gasteiger partial charge on any atom is -0.491 e. The lowest BCUT2D eigenvalue weighted by molar-refractivity contribution is 0.0941. The quantitative estimate of drug-likeness (QED) is 0.376. The molecule has 0 spiro atoms. The Balaban J connectivity index is 1.30. The third-order valence-corrected chi connectivity index (χ3v) is 7.25. The molecule has 1 aliphatic carbocycles. The Labute approximate surface area is 216 Å². The van der Waals surface area contributed by atoms with Gasteiger partial charge in [-0.25, -0.2) is 15.0 Å². The molecule has 8 nitrogen and oxygen atoms in total. The van der Waals surface area contributed by atoms with Crippen molar-refractivity contribution in [1.29, 1.82) is 0 Å². The second-order valence-corrected chi connectivity index (χ2v) is 10.0. The van der Waals surface area contributed by atoms with Gasteiger partial charge < -0.3 is 19.9 Å². The first kappa shape index (κ1) is 23.2. The highest BCUT2D eigenvalue weighted by Crippen LogP contribution is 2.40. The molecule has 1 atom stereocenters. The van der Waals surface area contributed by atoms with Gasteiger partial charge in [-0.3, -0.25) is 4.79 Å². The van der Waals surface area contributed by atoms with Gasteiger partial charge in [-0.05, 0) is 61.1 Å². The molecule has 188 valence electrons. The van der Waals surface area contributed by atoms with Crippen LogP contribution < -0.4 is 15.4 Å². The summed E-state index contributed by atoms with van der Waals surface area (Å²) in [5.74, 6) is 3.69. The van der Waals surface area contributed by atoms with Crippen molar-refractivity contribution in [2.24, 2.45) is 7.05 Å². The molecule has 2 aromatic heterocycles. The lowest BCUT2D eigenvalue weighted by atomic mass is 9.91. The highest BCUT2D eigenvalue weighted by Gasteiger charge is 2.28. The van der Waals surface area contributed by atoms with Crippen LogP contribution in [0.2, 0.25) is 0 Å². The molecule has 1 fully saturated rings. The van der Waals surface area contributed by atoms with Crippen LogP contribution in [0.3, 0.4) is 0 Å². The average Bonchev–Trinajstić information content (AvgIpc) is 3.67. The van der Waals surface area contributed by atoms with E-state index in [2.05, 4.69) is 59.4 Å². The van der Waals surface area contributed by atoms with Gasteiger partial charge in [-0.15, -0.1) is 0 Å². The number of aryl methyl sites for hydroxylation is 2. The van der Waals surface area contributed by atoms with Crippen molar-refractivity contribution in [3.05, 3.63) is 71.3 Å². The predicted octanol–water partition coefficient (Wildman–Crippen LogP) is 5.33. The van der Waals surface area contributed by atoms with E-state index in [4.69, 9.17) is 14.7 Å². The minimum absolute atomic E-state index is 0.0326. The normalized spacial score (nSPS) is 16.8. The molecule has 2 aromatic carbocycles. The van der Waals surface area contributed by atoms with Crippen molar-refractivity contribution in [1.82, 2.24) is 24.8 Å². The van der Waals surface area contributed by atoms with E-state index in [0.717, 1.165) is 33.6 Å². The van der Waals surface area contributed by atoms with Crippen molar-refractivity contribution < 1.29 is 9.53 Å². The number of benzene rings is 2. The third-order valence-electron chi connectivity index (χ3n) is 7.25. The largest absolute Gasteiger partial charge is 0.491 e. The van der Waals surface area contributed by atoms with Gasteiger partial charge in [0.2, 0.25) is 0 Å². The van der Waals surface area contributed by atoms with Gasteiger partial charge in [-0.2, -0.15) is 0 Å². The van der Waals surface area contributed by atoms with Gasteiger partial charge in [0.1, 0.15) is 5.82 Å². The number of carbonyl (C=O) groups is 1. The number of anilines is 2. The first-order valence-corrected chi connectivity index (χ1v) is 12.7. The van der Waals surface area contributed by atoms with E-state index in [0.29, 0.717) is 35.4 Å². The molecule has 2 aliphatic rings. The van der Waals surface area contributed by atoms with Crippen LogP contribution in [0.5, 0.6) is 5.75 Å². The molecular weight excluding hydrogens is 464 g/mol. The zero-order valence-corrected chi connectivity index (χ0v) is 21.5. The number of hydrogen-bond donors (Lipinski definition) is 2. The van der Waals surface area contributed by atoms with Crippen LogP contribution in [0.1, 0.15) is 58.9 Å². The maximum atomic E-state index is 12.2. The molecule has 0 saturated heterocycles. The summed E-state index contributed by atoms with van der Waals surface area (Å²) in [5, 5.41) is 6.30. The van der Waals surface area contributed by atoms with Crippen molar-refractivity contribution >= 4 is 17.4 Å². The molecule has 4 aromatic rings. The Kier molecular flexibility index (Phi) is 5.67. The number of rotatable bonds is 6. The Morgan fingerprint density at radius 3 is 2.68 bits per heavy atom. The summed E-state index contributed by atoms with van der Waals surface area (Å²) >= 11 is 0. The average molecular weight is 495 g/mol. The van der Waals surface area contributed by atoms with E-state index in [1.54, 1.807) is 13.3 Å². The number of aromatic nitrogens is 4. The highest BCUT2D eigenvalue weighted by atomic mass is 16.5. The Hall–Kier alpha value is -4.20. The van der Waals surface area contributed by atoms with Crippen molar-refractivity contribution in [2.45, 2.75) is 38.5 Å². The fourth-order valence-electron chi connectivity index (χ4n) is 5.01. The number of hydrogen-bond acceptors (Lipinski definition) is 6. The lowest BCUT2D eigenvalue weighted by Crippen LogP contribution is -2.33. The topological polar surface area (TPSA) is 94.0 Å². The molecule has 1 aliphatic heterocycles. The van der Waals surface area contributed by atoms with Gasteiger partial charge in [0.25, 0.3) is 5.91 Å². The fraction of sp³-hybridized carbons (Fsp3) is 0.310. The molecule has 37 heavy (non-hydrogen) atoms. The van der Waals surface area contributed by atoms with Gasteiger partial charge in [0.15, 0.2) is 17.4 Å². The van der Waals surface area contributed by atoms with Crippen LogP contribution in [0.25, 0.3) is 22.6 Å². The van der Waals surface area contributed by atoms with Crippen LogP contribution in [0.4, 0.5) is 11.5 Å². The van der Waals surface area contributed by atoms with Gasteiger partial charge in [0, 0.05) is 48.1 Å². The number of nitrogens with one attached hydrogen (secondary N) is 2. The van der Waals surface area contributed by atoms with Crippen LogP contribution in [-0.2, 0) is 7.05 Å². The summed E-state index contributed by atoms with van der Waals surface area (Å²) in [6.45, 7) is 4.83. The summed E-state index contributed by atoms with van der Waals surface area (Å²) in [5.41, 5.74) is 6.73. The molecule has 0 bridgehead atoms. The maximum Gasteiger partial charge on any atom is 0.251 e. The standard InChI is InChI=1S/C29H30N6O2/c1-16-11-19(7-9-21(16)24-15-35(3)28(33-24)18-5-6-18)26-30-14-25(37-4)27(34-26)32-20-8-10-22-23(12-20)17(2)13-31-29(22)36/h7-12,14-15,17-18H,5-6,13H2,1-4H3,(H,31,36)(H,30,32,34). The van der Waals surface area contributed by atoms with E-state index in [-0.39, 0.29) is 11.8 Å². The van der Waals surface area contributed by atoms with E-state index in [1.165, 1.54) is 18.7 Å². The molecular formula is C29H30N6O2. The van der Waals surface area contributed by atoms with Gasteiger partial charge >= 0.3 is 0 Å². The lowest BCUT2D eigenvalue weighted by Gasteiger charge is -2.23. The Morgan fingerprint density at radius 2 is 1.92 bits per heavy atom. The number of ether oxygens (including phenoxy) is 1. The molecule has 6 rings (SSSR count). The summed E-state index contributed by atoms with van der Waals surface area (Å²) in [7, 11) is 3.68. The number of imidazole rings is 1. The van der Waals surface area contributed by atoms with Crippen molar-refractivity contribution in [3.63, 3.8) is 0 Å². The van der Waals surface area contributed by atoms with E-state index in [1.807, 2.05) is 24.3 Å². The number of fused-ring (bicyclic) bond motifs is 1. The van der Waals surface area contributed by atoms with E-state index < -0.39 is 0 Å². The summed E-state index contributed by atoms with van der Waals surface area (Å²) < 4.78 is 7.69. The molecule has 2 N–H and O–H groups in total. The summed E-state index contributed by atoms with van der Waals surface area (Å²) in [6.07, 6.45) is 6.26. The zero-order chi connectivity index (χ0) is 25.7. The number of nitrogens with zero attached hydrogens (tertiary/aromatic N) is 4. The van der Waals surface area contributed by atoms with Crippen LogP contribution in [0.15, 0.2) is 48.8 Å². The van der Waals surface area contributed by atoms with Gasteiger partial charge in [0.05, 0.1) is 19.0 Å². The number of methoxy groups -OCH3 is 1. The summed E-state index contributed by atoms with van der Waals surface area (Å²) in [6, 6.07) is 12.0. The monoisotopic (exact) mass is 494 g/mol. The van der Waals surface area contributed by atoms with Crippen LogP contribution in [0, 0.1) is 6.92 Å². The molecule has 1 saturated carbocycles. The molecule has 1 unspecified atom stereocenters. The first-order valence-electron chi connectivity index (χ1n) is 12.7. The highest BCUT2D eigenvalue weighted by molar-refractivity contribution is 5.97. The minimum atomic E-state index is -0.0326. The molecule has 0 radical (unpaired) electrons. The van der Waals surface area contributed by atoms with E-state index >= 15 is 0 Å². The summed E-state index contributed by atoms with van der Waals surface area (Å²) in [4.78, 5) is 26.5. The van der Waals surface area contributed by atoms with Crippen molar-refractivity contribution in [3.8, 4) is 28.4 Å². The number of carbonyl (C=O) groups excluding carboxylic acids is 1. The smallest absolute Gasteiger partial charge is 0.251 e.